The second kappa shape index (κ2) is 3.65. The monoisotopic (exact) mass is 218 g/mol. The molecule has 0 amide bonds. The van der Waals surface area contributed by atoms with E-state index in [9.17, 15) is 4.79 Å². The molecular formula is C10H10N4O2. The van der Waals surface area contributed by atoms with Gasteiger partial charge in [-0.05, 0) is 6.07 Å². The summed E-state index contributed by atoms with van der Waals surface area (Å²) in [4.78, 5) is 14.6. The van der Waals surface area contributed by atoms with Gasteiger partial charge in [-0.2, -0.15) is 5.10 Å². The van der Waals surface area contributed by atoms with Crippen molar-refractivity contribution in [3.63, 3.8) is 0 Å². The van der Waals surface area contributed by atoms with E-state index >= 15 is 0 Å². The van der Waals surface area contributed by atoms with Gasteiger partial charge >= 0.3 is 5.97 Å². The lowest BCUT2D eigenvalue weighted by Crippen LogP contribution is -1.98. The molecule has 0 unspecified atom stereocenters. The third-order valence-corrected chi connectivity index (χ3v) is 2.12. The van der Waals surface area contributed by atoms with Gasteiger partial charge in [0.15, 0.2) is 0 Å². The Morgan fingerprint density at radius 1 is 1.50 bits per heavy atom. The summed E-state index contributed by atoms with van der Waals surface area (Å²) in [5.74, 6) is -1.02. The molecule has 0 spiro atoms. The Morgan fingerprint density at radius 2 is 2.25 bits per heavy atom. The summed E-state index contributed by atoms with van der Waals surface area (Å²) in [6, 6.07) is 1.49. The molecule has 0 fully saturated rings. The van der Waals surface area contributed by atoms with Crippen LogP contribution in [0, 0.1) is 0 Å². The first-order valence-electron chi connectivity index (χ1n) is 4.56. The number of nitrogens with two attached hydrogens (primary N) is 1. The van der Waals surface area contributed by atoms with E-state index in [1.165, 1.54) is 18.5 Å². The third-order valence-electron chi connectivity index (χ3n) is 2.12. The van der Waals surface area contributed by atoms with Crippen molar-refractivity contribution in [2.24, 2.45) is 7.05 Å². The number of carbonyl (C=O) groups is 1. The first kappa shape index (κ1) is 10.2. The lowest BCUT2D eigenvalue weighted by Gasteiger charge is -1.99. The number of anilines is 1. The van der Waals surface area contributed by atoms with Gasteiger partial charge in [0, 0.05) is 31.2 Å². The molecule has 2 aromatic rings. The molecule has 16 heavy (non-hydrogen) atoms. The van der Waals surface area contributed by atoms with Crippen LogP contribution in [0.15, 0.2) is 24.7 Å². The number of aromatic nitrogens is 3. The van der Waals surface area contributed by atoms with Gasteiger partial charge in [-0.3, -0.25) is 9.67 Å². The summed E-state index contributed by atoms with van der Waals surface area (Å²) < 4.78 is 1.57. The molecule has 0 bridgehead atoms. The van der Waals surface area contributed by atoms with E-state index in [0.717, 1.165) is 0 Å². The summed E-state index contributed by atoms with van der Waals surface area (Å²) in [5.41, 5.74) is 7.48. The molecule has 0 saturated heterocycles. The van der Waals surface area contributed by atoms with Crippen molar-refractivity contribution in [2.45, 2.75) is 0 Å². The lowest BCUT2D eigenvalue weighted by molar-refractivity contribution is 0.0696. The van der Waals surface area contributed by atoms with Gasteiger partial charge in [-0.1, -0.05) is 0 Å². The Labute approximate surface area is 91.3 Å². The molecule has 6 nitrogen and oxygen atoms in total. The van der Waals surface area contributed by atoms with Gasteiger partial charge in [0.25, 0.3) is 0 Å². The minimum absolute atomic E-state index is 0.113. The van der Waals surface area contributed by atoms with Gasteiger partial charge < -0.3 is 10.8 Å². The van der Waals surface area contributed by atoms with Gasteiger partial charge in [0.05, 0.1) is 11.3 Å². The number of aryl methyl sites for hydroxylation is 1. The molecule has 3 N–H and O–H groups in total. The second-order valence-corrected chi connectivity index (χ2v) is 3.37. The fourth-order valence-corrected chi connectivity index (χ4v) is 1.42. The Bertz CT molecular complexity index is 548. The Kier molecular flexibility index (Phi) is 2.32. The van der Waals surface area contributed by atoms with Gasteiger partial charge in [-0.15, -0.1) is 0 Å². The molecule has 2 aromatic heterocycles. The normalized spacial score (nSPS) is 10.3. The number of pyridine rings is 1. The number of hydrogen-bond acceptors (Lipinski definition) is 4. The van der Waals surface area contributed by atoms with Crippen molar-refractivity contribution in [3.05, 3.63) is 30.2 Å². The van der Waals surface area contributed by atoms with Crippen LogP contribution in [-0.4, -0.2) is 25.8 Å². The highest BCUT2D eigenvalue weighted by Gasteiger charge is 2.10. The van der Waals surface area contributed by atoms with Crippen LogP contribution in [0.25, 0.3) is 11.3 Å². The molecule has 2 rings (SSSR count). The molecule has 0 aliphatic rings. The van der Waals surface area contributed by atoms with E-state index in [0.29, 0.717) is 16.9 Å². The van der Waals surface area contributed by atoms with Crippen LogP contribution in [0.4, 0.5) is 5.69 Å². The van der Waals surface area contributed by atoms with Crippen molar-refractivity contribution in [3.8, 4) is 11.3 Å². The van der Waals surface area contributed by atoms with Crippen LogP contribution in [0.3, 0.4) is 0 Å². The molecule has 0 radical (unpaired) electrons. The Hall–Kier alpha value is -2.37. The maximum atomic E-state index is 10.8. The standard InChI is InChI=1S/C10H10N4O2/c1-14-5-8(11)9(13-14)6-2-7(10(15)16)4-12-3-6/h2-5H,11H2,1H3,(H,15,16). The predicted octanol–water partition coefficient (Wildman–Crippen LogP) is 0.762. The molecule has 6 heteroatoms. The summed E-state index contributed by atoms with van der Waals surface area (Å²) in [6.45, 7) is 0. The van der Waals surface area contributed by atoms with Gasteiger partial charge in [0.1, 0.15) is 5.69 Å². The molecule has 82 valence electrons. The van der Waals surface area contributed by atoms with Crippen molar-refractivity contribution in [1.29, 1.82) is 0 Å². The van der Waals surface area contributed by atoms with Crippen LogP contribution >= 0.6 is 0 Å². The number of carboxylic acids is 1. The highest BCUT2D eigenvalue weighted by molar-refractivity contribution is 5.89. The maximum Gasteiger partial charge on any atom is 0.337 e. The third kappa shape index (κ3) is 1.72. The van der Waals surface area contributed by atoms with Crippen molar-refractivity contribution in [1.82, 2.24) is 14.8 Å². The second-order valence-electron chi connectivity index (χ2n) is 3.37. The van der Waals surface area contributed by atoms with E-state index in [-0.39, 0.29) is 5.56 Å². The molecule has 0 aliphatic carbocycles. The highest BCUT2D eigenvalue weighted by Crippen LogP contribution is 2.23. The topological polar surface area (TPSA) is 94.0 Å². The van der Waals surface area contributed by atoms with Crippen LogP contribution in [-0.2, 0) is 7.05 Å². The first-order valence-corrected chi connectivity index (χ1v) is 4.56. The first-order chi connectivity index (χ1) is 7.58. The van der Waals surface area contributed by atoms with Crippen LogP contribution in [0.2, 0.25) is 0 Å². The Balaban J connectivity index is 2.52. The van der Waals surface area contributed by atoms with Crippen molar-refractivity contribution in [2.75, 3.05) is 5.73 Å². The number of hydrogen-bond donors (Lipinski definition) is 2. The van der Waals surface area contributed by atoms with Crippen LogP contribution in [0.1, 0.15) is 10.4 Å². The maximum absolute atomic E-state index is 10.8. The zero-order chi connectivity index (χ0) is 11.7. The quantitative estimate of drug-likeness (QED) is 0.776. The largest absolute Gasteiger partial charge is 0.478 e. The van der Waals surface area contributed by atoms with E-state index in [1.807, 2.05) is 0 Å². The summed E-state index contributed by atoms with van der Waals surface area (Å²) in [6.07, 6.45) is 4.47. The molecule has 0 aromatic carbocycles. The average Bonchev–Trinajstić information content (AvgIpc) is 2.58. The summed E-state index contributed by atoms with van der Waals surface area (Å²) in [5, 5.41) is 13.0. The summed E-state index contributed by atoms with van der Waals surface area (Å²) in [7, 11) is 1.74. The SMILES string of the molecule is Cn1cc(N)c(-c2cncc(C(=O)O)c2)n1. The van der Waals surface area contributed by atoms with Crippen LogP contribution < -0.4 is 5.73 Å². The molecule has 0 aliphatic heterocycles. The number of nitrogen functional groups attached to an aromatic ring is 1. The van der Waals surface area contributed by atoms with Crippen molar-refractivity contribution < 1.29 is 9.90 Å². The molecular weight excluding hydrogens is 208 g/mol. The summed E-state index contributed by atoms with van der Waals surface area (Å²) >= 11 is 0. The van der Waals surface area contributed by atoms with E-state index < -0.39 is 5.97 Å². The zero-order valence-electron chi connectivity index (χ0n) is 8.58. The van der Waals surface area contributed by atoms with Gasteiger partial charge in [-0.25, -0.2) is 4.79 Å². The van der Waals surface area contributed by atoms with Gasteiger partial charge in [0.2, 0.25) is 0 Å². The fraction of sp³-hybridized carbons (Fsp3) is 0.100. The van der Waals surface area contributed by atoms with Crippen LogP contribution in [0.5, 0.6) is 0 Å². The van der Waals surface area contributed by atoms with E-state index in [1.54, 1.807) is 17.9 Å². The van der Waals surface area contributed by atoms with E-state index in [4.69, 9.17) is 10.8 Å². The molecule has 0 atom stereocenters. The number of nitrogens with zero attached hydrogens (tertiary/aromatic N) is 3. The fourth-order valence-electron chi connectivity index (χ4n) is 1.42. The predicted molar refractivity (Wildman–Crippen MR) is 57.8 cm³/mol. The number of rotatable bonds is 2. The molecule has 2 heterocycles. The van der Waals surface area contributed by atoms with Crippen molar-refractivity contribution >= 4 is 11.7 Å². The number of carboxylic acid groups (broad SMARTS) is 1. The minimum Gasteiger partial charge on any atom is -0.478 e. The minimum atomic E-state index is -1.02. The average molecular weight is 218 g/mol. The highest BCUT2D eigenvalue weighted by atomic mass is 16.4. The number of aromatic carboxylic acids is 1. The Morgan fingerprint density at radius 3 is 2.81 bits per heavy atom. The molecule has 0 saturated carbocycles. The van der Waals surface area contributed by atoms with E-state index in [2.05, 4.69) is 10.1 Å². The zero-order valence-corrected chi connectivity index (χ0v) is 8.58. The smallest absolute Gasteiger partial charge is 0.337 e. The lowest BCUT2D eigenvalue weighted by atomic mass is 10.1.